The average molecular weight is 182 g/mol. The summed E-state index contributed by atoms with van der Waals surface area (Å²) in [5, 5.41) is 8.33. The predicted molar refractivity (Wildman–Crippen MR) is 53.2 cm³/mol. The van der Waals surface area contributed by atoms with Crippen molar-refractivity contribution in [3.05, 3.63) is 11.6 Å². The van der Waals surface area contributed by atoms with Crippen LogP contribution in [0.1, 0.15) is 6.92 Å². The van der Waals surface area contributed by atoms with Crippen molar-refractivity contribution >= 4 is 27.6 Å². The molecule has 4 nitrogen and oxygen atoms in total. The fourth-order valence-electron chi connectivity index (χ4n) is 0.600. The van der Waals surface area contributed by atoms with Crippen LogP contribution in [0.4, 0.5) is 0 Å². The highest BCUT2D eigenvalue weighted by Gasteiger charge is 2.07. The second-order valence-corrected chi connectivity index (χ2v) is 3.16. The van der Waals surface area contributed by atoms with Gasteiger partial charge in [-0.3, -0.25) is 0 Å². The molecule has 70 valence electrons. The molecule has 0 spiro atoms. The number of hydrogen-bond donors (Lipinski definition) is 1. The van der Waals surface area contributed by atoms with E-state index >= 15 is 0 Å². The van der Waals surface area contributed by atoms with Gasteiger partial charge in [0.25, 0.3) is 0 Å². The van der Waals surface area contributed by atoms with Crippen molar-refractivity contribution in [1.29, 1.82) is 0 Å². The molecule has 0 aliphatic heterocycles. The number of rotatable bonds is 4. The Morgan fingerprint density at radius 3 is 2.46 bits per heavy atom. The van der Waals surface area contributed by atoms with Crippen LogP contribution >= 0.6 is 0 Å². The van der Waals surface area contributed by atoms with Crippen LogP contribution in [0.3, 0.4) is 0 Å². The van der Waals surface area contributed by atoms with Crippen molar-refractivity contribution in [2.45, 2.75) is 12.6 Å². The number of esters is 1. The maximum Gasteiger partial charge on any atom is 0.333 e. The van der Waals surface area contributed by atoms with E-state index in [4.69, 9.17) is 9.84 Å². The molecule has 0 unspecified atom stereocenters. The molecule has 1 N–H and O–H groups in total. The Bertz CT molecular complexity index is 235. The molecule has 0 radical (unpaired) electrons. The monoisotopic (exact) mass is 182 g/mol. The van der Waals surface area contributed by atoms with Gasteiger partial charge in [0, 0.05) is 11.6 Å². The van der Waals surface area contributed by atoms with Gasteiger partial charge in [-0.15, -0.1) is 0 Å². The Hall–Kier alpha value is -1.19. The molecule has 0 bridgehead atoms. The number of carbonyl (C=O) groups excluding carboxylic acids is 1. The van der Waals surface area contributed by atoms with Gasteiger partial charge in [-0.25, -0.2) is 9.59 Å². The lowest BCUT2D eigenvalue weighted by Gasteiger charge is -2.06. The zero-order valence-corrected chi connectivity index (χ0v) is 8.03. The molecule has 0 heterocycles. The Kier molecular flexibility index (Phi) is 4.96. The number of carboxylic acid groups (broad SMARTS) is 1. The van der Waals surface area contributed by atoms with E-state index < -0.39 is 11.9 Å². The summed E-state index contributed by atoms with van der Waals surface area (Å²) in [5.41, 5.74) is 0.356. The Labute approximate surface area is 78.8 Å². The summed E-state index contributed by atoms with van der Waals surface area (Å²) in [7, 11) is 3.81. The molecule has 0 aromatic rings. The first-order chi connectivity index (χ1) is 5.93. The lowest BCUT2D eigenvalue weighted by Crippen LogP contribution is -2.12. The first-order valence-electron chi connectivity index (χ1n) is 4.01. The van der Waals surface area contributed by atoms with E-state index in [0.29, 0.717) is 6.61 Å². The highest BCUT2D eigenvalue weighted by molar-refractivity contribution is 6.35. The van der Waals surface area contributed by atoms with Crippen molar-refractivity contribution in [3.63, 3.8) is 0 Å². The van der Waals surface area contributed by atoms with Crippen LogP contribution in [0.25, 0.3) is 0 Å². The van der Waals surface area contributed by atoms with Crippen LogP contribution in [-0.2, 0) is 14.3 Å². The van der Waals surface area contributed by atoms with E-state index in [1.54, 1.807) is 0 Å². The van der Waals surface area contributed by atoms with Crippen LogP contribution in [0.15, 0.2) is 11.6 Å². The molecular weight excluding hydrogens is 170 g/mol. The first kappa shape index (κ1) is 11.8. The van der Waals surface area contributed by atoms with Crippen LogP contribution in [-0.4, -0.2) is 39.3 Å². The van der Waals surface area contributed by atoms with E-state index in [0.717, 1.165) is 6.08 Å². The largest absolute Gasteiger partial charge is 0.478 e. The first-order valence-corrected chi connectivity index (χ1v) is 4.01. The summed E-state index contributed by atoms with van der Waals surface area (Å²) in [4.78, 5) is 21.2. The van der Waals surface area contributed by atoms with Crippen molar-refractivity contribution in [2.24, 2.45) is 0 Å². The summed E-state index contributed by atoms with van der Waals surface area (Å²) >= 11 is 0. The molecule has 6 heteroatoms. The van der Waals surface area contributed by atoms with Gasteiger partial charge in [0.2, 0.25) is 0 Å². The molecule has 0 aromatic heterocycles. The molecule has 0 amide bonds. The lowest BCUT2D eigenvalue weighted by atomic mass is 9.72. The maximum atomic E-state index is 11.0. The summed E-state index contributed by atoms with van der Waals surface area (Å²) < 4.78 is 4.80. The predicted octanol–water partition coefficient (Wildman–Crippen LogP) is -1.43. The van der Waals surface area contributed by atoms with Gasteiger partial charge >= 0.3 is 11.9 Å². The molecule has 0 aliphatic rings. The van der Waals surface area contributed by atoms with Gasteiger partial charge in [-0.1, -0.05) is 5.72 Å². The van der Waals surface area contributed by atoms with Gasteiger partial charge in [-0.05, 0) is 6.92 Å². The van der Waals surface area contributed by atoms with E-state index in [1.807, 2.05) is 15.7 Å². The number of ether oxygens (including phenoxy) is 1. The van der Waals surface area contributed by atoms with Crippen molar-refractivity contribution in [3.8, 4) is 0 Å². The van der Waals surface area contributed by atoms with Crippen LogP contribution in [0, 0.1) is 0 Å². The fourth-order valence-corrected chi connectivity index (χ4v) is 0.600. The minimum absolute atomic E-state index is 0.105. The number of aliphatic carboxylic acids is 1. The van der Waals surface area contributed by atoms with Gasteiger partial charge in [0.1, 0.15) is 0 Å². The number of carboxylic acids is 1. The number of hydrogen-bond acceptors (Lipinski definition) is 3. The molecule has 0 saturated carbocycles. The normalized spacial score (nSPS) is 11.4. The van der Waals surface area contributed by atoms with Gasteiger partial charge in [0.05, 0.1) is 22.3 Å². The van der Waals surface area contributed by atoms with Gasteiger partial charge in [-0.2, -0.15) is 0 Å². The quantitative estimate of drug-likeness (QED) is 0.329. The highest BCUT2D eigenvalue weighted by Crippen LogP contribution is 1.99. The summed E-state index contributed by atoms with van der Waals surface area (Å²) in [6, 6.07) is 0. The second-order valence-electron chi connectivity index (χ2n) is 3.16. The smallest absolute Gasteiger partial charge is 0.333 e. The zero-order chi connectivity index (χ0) is 10.4. The summed E-state index contributed by atoms with van der Waals surface area (Å²) in [5.74, 6) is -1.71. The van der Waals surface area contributed by atoms with E-state index in [1.165, 1.54) is 6.92 Å². The molecule has 0 atom stereocenters. The number of carbonyl (C=O) groups is 2. The highest BCUT2D eigenvalue weighted by atomic mass is 16.5. The van der Waals surface area contributed by atoms with Gasteiger partial charge < -0.3 is 9.84 Å². The molecule has 0 aromatic carbocycles. The zero-order valence-electron chi connectivity index (χ0n) is 8.03. The van der Waals surface area contributed by atoms with E-state index in [-0.39, 0.29) is 11.3 Å². The third-order valence-corrected chi connectivity index (χ3v) is 1.21. The van der Waals surface area contributed by atoms with Crippen molar-refractivity contribution < 1.29 is 19.4 Å². The van der Waals surface area contributed by atoms with E-state index in [2.05, 4.69) is 0 Å². The van der Waals surface area contributed by atoms with Gasteiger partial charge in [0.15, 0.2) is 0 Å². The average Bonchev–Trinajstić information content (AvgIpc) is 1.98. The third-order valence-electron chi connectivity index (χ3n) is 1.21. The molecule has 0 saturated heterocycles. The minimum atomic E-state index is -1.14. The fraction of sp³-hybridized carbons (Fsp3) is 0.429. The van der Waals surface area contributed by atoms with Crippen LogP contribution in [0.2, 0.25) is 5.72 Å². The Morgan fingerprint density at radius 2 is 2.08 bits per heavy atom. The summed E-state index contributed by atoms with van der Waals surface area (Å²) in [6.07, 6.45) is 0.836. The molecule has 0 fully saturated rings. The SMILES string of the molecule is BC(B)COC(=O)/C(C)=C/C(=O)O. The maximum absolute atomic E-state index is 11.0. The summed E-state index contributed by atoms with van der Waals surface area (Å²) in [6.45, 7) is 1.72. The standard InChI is InChI=1S/C7H12B2O4/c1-4(2-6(10)11)7(12)13-3-5(8)9/h2,5H,3,8-9H2,1H3,(H,10,11)/b4-2+. The second kappa shape index (κ2) is 5.45. The Balaban J connectivity index is 4.04. The third kappa shape index (κ3) is 6.02. The van der Waals surface area contributed by atoms with E-state index in [9.17, 15) is 9.59 Å². The molecule has 0 rings (SSSR count). The van der Waals surface area contributed by atoms with Crippen LogP contribution in [0.5, 0.6) is 0 Å². The van der Waals surface area contributed by atoms with Crippen LogP contribution < -0.4 is 0 Å². The molecular formula is C7H12B2O4. The Morgan fingerprint density at radius 1 is 1.54 bits per heavy atom. The van der Waals surface area contributed by atoms with Crippen molar-refractivity contribution in [2.75, 3.05) is 6.61 Å². The molecule has 0 aliphatic carbocycles. The topological polar surface area (TPSA) is 63.6 Å². The lowest BCUT2D eigenvalue weighted by molar-refractivity contribution is -0.139. The molecule has 13 heavy (non-hydrogen) atoms. The van der Waals surface area contributed by atoms with Crippen molar-refractivity contribution in [1.82, 2.24) is 0 Å². The minimum Gasteiger partial charge on any atom is -0.478 e.